The van der Waals surface area contributed by atoms with E-state index in [2.05, 4.69) is 58.7 Å². The lowest BCUT2D eigenvalue weighted by atomic mass is 10.00. The van der Waals surface area contributed by atoms with Crippen molar-refractivity contribution < 1.29 is 9.47 Å². The van der Waals surface area contributed by atoms with Crippen LogP contribution in [0.2, 0.25) is 0 Å². The number of nitrogens with one attached hydrogen (secondary N) is 1. The summed E-state index contributed by atoms with van der Waals surface area (Å²) in [5.74, 6) is 0.187. The SMILES string of the molecule is CCOc1c(NCCCN2CCC(OC(c3ccccc3)c3ccccc3)CC2)c(=O)c1=O. The zero-order chi connectivity index (χ0) is 23.0. The zero-order valence-electron chi connectivity index (χ0n) is 19.2. The Balaban J connectivity index is 1.24. The molecule has 33 heavy (non-hydrogen) atoms. The van der Waals surface area contributed by atoms with Crippen molar-refractivity contribution >= 4 is 5.69 Å². The number of hydrogen-bond donors (Lipinski definition) is 1. The van der Waals surface area contributed by atoms with Crippen LogP contribution in [0.5, 0.6) is 5.75 Å². The maximum Gasteiger partial charge on any atom is 0.272 e. The van der Waals surface area contributed by atoms with E-state index < -0.39 is 10.9 Å². The van der Waals surface area contributed by atoms with E-state index in [9.17, 15) is 9.59 Å². The van der Waals surface area contributed by atoms with Crippen molar-refractivity contribution in [2.45, 2.75) is 38.4 Å². The smallest absolute Gasteiger partial charge is 0.272 e. The van der Waals surface area contributed by atoms with Crippen molar-refractivity contribution in [3.8, 4) is 5.75 Å². The second-order valence-corrected chi connectivity index (χ2v) is 8.45. The van der Waals surface area contributed by atoms with Gasteiger partial charge in [-0.2, -0.15) is 0 Å². The molecule has 1 aliphatic rings. The molecule has 0 aliphatic carbocycles. The van der Waals surface area contributed by atoms with Crippen LogP contribution in [0.3, 0.4) is 0 Å². The van der Waals surface area contributed by atoms with Gasteiger partial charge in [-0.3, -0.25) is 9.59 Å². The van der Waals surface area contributed by atoms with Crippen LogP contribution < -0.4 is 20.9 Å². The first-order valence-corrected chi connectivity index (χ1v) is 11.8. The molecule has 0 atom stereocenters. The number of piperidine rings is 1. The summed E-state index contributed by atoms with van der Waals surface area (Å²) < 4.78 is 11.9. The highest BCUT2D eigenvalue weighted by Gasteiger charge is 2.25. The van der Waals surface area contributed by atoms with Crippen LogP contribution in [0.4, 0.5) is 5.69 Å². The van der Waals surface area contributed by atoms with Crippen molar-refractivity contribution in [3.63, 3.8) is 0 Å². The summed E-state index contributed by atoms with van der Waals surface area (Å²) >= 11 is 0. The summed E-state index contributed by atoms with van der Waals surface area (Å²) in [7, 11) is 0. The lowest BCUT2D eigenvalue weighted by molar-refractivity contribution is -0.0269. The molecule has 0 amide bonds. The Morgan fingerprint density at radius 1 is 0.939 bits per heavy atom. The molecule has 6 heteroatoms. The van der Waals surface area contributed by atoms with Gasteiger partial charge in [0, 0.05) is 19.6 Å². The number of hydrogen-bond acceptors (Lipinski definition) is 6. The van der Waals surface area contributed by atoms with Crippen LogP contribution in [0.15, 0.2) is 70.3 Å². The minimum atomic E-state index is -0.522. The van der Waals surface area contributed by atoms with Crippen LogP contribution >= 0.6 is 0 Å². The molecule has 4 rings (SSSR count). The van der Waals surface area contributed by atoms with E-state index in [1.165, 1.54) is 11.1 Å². The highest BCUT2D eigenvalue weighted by molar-refractivity contribution is 5.61. The maximum atomic E-state index is 11.7. The molecule has 3 aromatic carbocycles. The molecule has 0 aromatic heterocycles. The van der Waals surface area contributed by atoms with E-state index in [1.807, 2.05) is 12.1 Å². The standard InChI is InChI=1S/C27H32N2O4/c1-2-32-27-23(24(30)25(27)31)28-16-9-17-29-18-14-22(15-19-29)33-26(20-10-5-3-6-11-20)21-12-7-4-8-13-21/h3-8,10-13,22,26,28H,2,9,14-19H2,1H3. The number of anilines is 1. The molecule has 1 saturated heterocycles. The Morgan fingerprint density at radius 2 is 1.55 bits per heavy atom. The lowest BCUT2D eigenvalue weighted by Crippen LogP contribution is -2.39. The van der Waals surface area contributed by atoms with Gasteiger partial charge in [-0.15, -0.1) is 0 Å². The van der Waals surface area contributed by atoms with Gasteiger partial charge < -0.3 is 19.7 Å². The first-order valence-electron chi connectivity index (χ1n) is 11.8. The number of ether oxygens (including phenoxy) is 2. The monoisotopic (exact) mass is 448 g/mol. The lowest BCUT2D eigenvalue weighted by Gasteiger charge is -2.34. The van der Waals surface area contributed by atoms with E-state index in [1.54, 1.807) is 6.92 Å². The molecule has 0 spiro atoms. The molecule has 174 valence electrons. The van der Waals surface area contributed by atoms with Crippen molar-refractivity contribution in [3.05, 3.63) is 92.2 Å². The van der Waals surface area contributed by atoms with Crippen LogP contribution in [0.1, 0.15) is 43.4 Å². The zero-order valence-corrected chi connectivity index (χ0v) is 19.2. The third kappa shape index (κ3) is 5.70. The molecule has 1 N–H and O–H groups in total. The Morgan fingerprint density at radius 3 is 2.12 bits per heavy atom. The second kappa shape index (κ2) is 11.3. The van der Waals surface area contributed by atoms with Crippen LogP contribution in [-0.4, -0.2) is 43.8 Å². The van der Waals surface area contributed by atoms with Gasteiger partial charge in [-0.1, -0.05) is 60.7 Å². The number of likely N-dealkylation sites (tertiary alicyclic amines) is 1. The molecule has 0 bridgehead atoms. The van der Waals surface area contributed by atoms with Gasteiger partial charge in [0.1, 0.15) is 11.8 Å². The molecule has 0 saturated carbocycles. The van der Waals surface area contributed by atoms with E-state index in [4.69, 9.17) is 9.47 Å². The van der Waals surface area contributed by atoms with Crippen molar-refractivity contribution in [2.75, 3.05) is 38.1 Å². The third-order valence-electron chi connectivity index (χ3n) is 6.18. The quantitative estimate of drug-likeness (QED) is 0.356. The molecule has 3 aromatic rings. The van der Waals surface area contributed by atoms with Crippen molar-refractivity contribution in [1.29, 1.82) is 0 Å². The predicted molar refractivity (Wildman–Crippen MR) is 131 cm³/mol. The average Bonchev–Trinajstić information content (AvgIpc) is 2.88. The summed E-state index contributed by atoms with van der Waals surface area (Å²) in [6, 6.07) is 20.8. The predicted octanol–water partition coefficient (Wildman–Crippen LogP) is 3.75. The largest absolute Gasteiger partial charge is 0.488 e. The molecule has 0 radical (unpaired) electrons. The van der Waals surface area contributed by atoms with Crippen LogP contribution in [-0.2, 0) is 4.74 Å². The van der Waals surface area contributed by atoms with Gasteiger partial charge >= 0.3 is 0 Å². The summed E-state index contributed by atoms with van der Waals surface area (Å²) in [5, 5.41) is 3.08. The van der Waals surface area contributed by atoms with E-state index in [-0.39, 0.29) is 18.0 Å². The minimum Gasteiger partial charge on any atom is -0.488 e. The van der Waals surface area contributed by atoms with Crippen LogP contribution in [0.25, 0.3) is 0 Å². The highest BCUT2D eigenvalue weighted by atomic mass is 16.5. The first-order chi connectivity index (χ1) is 16.2. The third-order valence-corrected chi connectivity index (χ3v) is 6.18. The van der Waals surface area contributed by atoms with Crippen LogP contribution in [0, 0.1) is 0 Å². The first kappa shape index (κ1) is 23.2. The molecule has 6 nitrogen and oxygen atoms in total. The molecular formula is C27H32N2O4. The topological polar surface area (TPSA) is 67.9 Å². The molecular weight excluding hydrogens is 416 g/mol. The summed E-state index contributed by atoms with van der Waals surface area (Å²) in [4.78, 5) is 25.7. The fraction of sp³-hybridized carbons (Fsp3) is 0.407. The fourth-order valence-electron chi connectivity index (χ4n) is 4.40. The minimum absolute atomic E-state index is 0.0521. The normalized spacial score (nSPS) is 15.2. The van der Waals surface area contributed by atoms with Gasteiger partial charge in [0.05, 0.1) is 12.7 Å². The molecule has 1 aliphatic heterocycles. The summed E-state index contributed by atoms with van der Waals surface area (Å²) in [6.45, 7) is 5.75. The number of rotatable bonds is 11. The molecule has 0 unspecified atom stereocenters. The van der Waals surface area contributed by atoms with Gasteiger partial charge in [-0.05, 0) is 43.9 Å². The average molecular weight is 449 g/mol. The van der Waals surface area contributed by atoms with Gasteiger partial charge in [0.2, 0.25) is 0 Å². The van der Waals surface area contributed by atoms with E-state index >= 15 is 0 Å². The van der Waals surface area contributed by atoms with E-state index in [0.717, 1.165) is 38.9 Å². The highest BCUT2D eigenvalue weighted by Crippen LogP contribution is 2.30. The van der Waals surface area contributed by atoms with Gasteiger partial charge in [-0.25, -0.2) is 0 Å². The summed E-state index contributed by atoms with van der Waals surface area (Å²) in [6.07, 6.45) is 3.06. The fourth-order valence-corrected chi connectivity index (χ4v) is 4.40. The number of benzene rings is 2. The Hall–Kier alpha value is -2.96. The number of nitrogens with zero attached hydrogens (tertiary/aromatic N) is 1. The Bertz CT molecular complexity index is 1030. The second-order valence-electron chi connectivity index (χ2n) is 8.45. The Labute approximate surface area is 194 Å². The molecule has 1 fully saturated rings. The van der Waals surface area contributed by atoms with E-state index in [0.29, 0.717) is 18.8 Å². The van der Waals surface area contributed by atoms with Crippen molar-refractivity contribution in [1.82, 2.24) is 4.90 Å². The van der Waals surface area contributed by atoms with Gasteiger partial charge in [0.25, 0.3) is 10.9 Å². The van der Waals surface area contributed by atoms with Gasteiger partial charge in [0.15, 0.2) is 5.75 Å². The summed E-state index contributed by atoms with van der Waals surface area (Å²) in [5.41, 5.74) is 1.71. The maximum absolute atomic E-state index is 11.7. The Kier molecular flexibility index (Phi) is 7.92. The van der Waals surface area contributed by atoms with Crippen molar-refractivity contribution in [2.24, 2.45) is 0 Å². The molecule has 1 heterocycles.